The number of hydrogen-bond acceptors (Lipinski definition) is 2. The van der Waals surface area contributed by atoms with Crippen LogP contribution in [0.1, 0.15) is 38.2 Å². The van der Waals surface area contributed by atoms with Crippen LogP contribution in [0.25, 0.3) is 0 Å². The maximum absolute atomic E-state index is 6.38. The maximum atomic E-state index is 6.38. The van der Waals surface area contributed by atoms with Crippen LogP contribution in [0.4, 0.5) is 0 Å². The Morgan fingerprint density at radius 2 is 2.00 bits per heavy atom. The zero-order chi connectivity index (χ0) is 13.0. The molecule has 0 heterocycles. The van der Waals surface area contributed by atoms with Gasteiger partial charge in [-0.1, -0.05) is 31.9 Å². The minimum absolute atomic E-state index is 0.296. The average molecular weight is 247 g/mol. The largest absolute Gasteiger partial charge is 0.497 e. The molecule has 100 valence electrons. The summed E-state index contributed by atoms with van der Waals surface area (Å²) in [5, 5.41) is 0. The lowest BCUT2D eigenvalue weighted by Crippen LogP contribution is -2.34. The van der Waals surface area contributed by atoms with Gasteiger partial charge in [-0.05, 0) is 48.8 Å². The highest BCUT2D eigenvalue weighted by Crippen LogP contribution is 2.31. The van der Waals surface area contributed by atoms with Crippen LogP contribution in [0.3, 0.4) is 0 Å². The predicted molar refractivity (Wildman–Crippen MR) is 75.8 cm³/mol. The SMILES string of the molecule is COc1cccc(CC(N)C2CCC(C)CC2)c1. The standard InChI is InChI=1S/C16H25NO/c1-12-6-8-14(9-7-12)16(17)11-13-4-3-5-15(10-13)18-2/h3-5,10,12,14,16H,6-9,11,17H2,1-2H3. The number of benzene rings is 1. The Hall–Kier alpha value is -1.02. The van der Waals surface area contributed by atoms with Gasteiger partial charge in [0.15, 0.2) is 0 Å². The molecule has 2 heteroatoms. The minimum Gasteiger partial charge on any atom is -0.497 e. The van der Waals surface area contributed by atoms with Crippen LogP contribution < -0.4 is 10.5 Å². The van der Waals surface area contributed by atoms with Gasteiger partial charge >= 0.3 is 0 Å². The molecular weight excluding hydrogens is 222 g/mol. The third-order valence-electron chi connectivity index (χ3n) is 4.27. The number of ether oxygens (including phenoxy) is 1. The van der Waals surface area contributed by atoms with Crippen LogP contribution >= 0.6 is 0 Å². The van der Waals surface area contributed by atoms with Gasteiger partial charge in [0.25, 0.3) is 0 Å². The molecule has 1 aromatic carbocycles. The summed E-state index contributed by atoms with van der Waals surface area (Å²) in [6.07, 6.45) is 6.25. The lowest BCUT2D eigenvalue weighted by molar-refractivity contribution is 0.253. The molecule has 0 aliphatic heterocycles. The Balaban J connectivity index is 1.91. The molecule has 2 N–H and O–H groups in total. The second-order valence-corrected chi connectivity index (χ2v) is 5.74. The molecule has 0 spiro atoms. The van der Waals surface area contributed by atoms with E-state index in [2.05, 4.69) is 19.1 Å². The van der Waals surface area contributed by atoms with E-state index in [0.717, 1.165) is 18.1 Å². The van der Waals surface area contributed by atoms with Crippen molar-refractivity contribution >= 4 is 0 Å². The van der Waals surface area contributed by atoms with E-state index in [-0.39, 0.29) is 0 Å². The van der Waals surface area contributed by atoms with Crippen molar-refractivity contribution in [1.29, 1.82) is 0 Å². The summed E-state index contributed by atoms with van der Waals surface area (Å²) >= 11 is 0. The molecule has 1 atom stereocenters. The minimum atomic E-state index is 0.296. The molecule has 1 aliphatic carbocycles. The van der Waals surface area contributed by atoms with Crippen LogP contribution in [-0.2, 0) is 6.42 Å². The van der Waals surface area contributed by atoms with Gasteiger partial charge in [-0.3, -0.25) is 0 Å². The number of rotatable bonds is 4. The smallest absolute Gasteiger partial charge is 0.119 e. The highest BCUT2D eigenvalue weighted by atomic mass is 16.5. The molecule has 0 aromatic heterocycles. The molecule has 1 aromatic rings. The highest BCUT2D eigenvalue weighted by molar-refractivity contribution is 5.29. The summed E-state index contributed by atoms with van der Waals surface area (Å²) in [6.45, 7) is 2.35. The van der Waals surface area contributed by atoms with Gasteiger partial charge < -0.3 is 10.5 Å². The van der Waals surface area contributed by atoms with E-state index < -0.39 is 0 Å². The van der Waals surface area contributed by atoms with E-state index in [0.29, 0.717) is 12.0 Å². The quantitative estimate of drug-likeness (QED) is 0.885. The molecular formula is C16H25NO. The first-order valence-electron chi connectivity index (χ1n) is 7.07. The van der Waals surface area contributed by atoms with Crippen molar-refractivity contribution in [3.63, 3.8) is 0 Å². The topological polar surface area (TPSA) is 35.2 Å². The Kier molecular flexibility index (Phi) is 4.65. The van der Waals surface area contributed by atoms with Crippen molar-refractivity contribution in [3.05, 3.63) is 29.8 Å². The van der Waals surface area contributed by atoms with Crippen molar-refractivity contribution in [3.8, 4) is 5.75 Å². The van der Waals surface area contributed by atoms with Gasteiger partial charge in [0.1, 0.15) is 5.75 Å². The predicted octanol–water partition coefficient (Wildman–Crippen LogP) is 3.39. The summed E-state index contributed by atoms with van der Waals surface area (Å²) < 4.78 is 5.26. The molecule has 0 saturated heterocycles. The summed E-state index contributed by atoms with van der Waals surface area (Å²) in [7, 11) is 1.71. The van der Waals surface area contributed by atoms with Crippen LogP contribution in [0.15, 0.2) is 24.3 Å². The van der Waals surface area contributed by atoms with Crippen molar-refractivity contribution in [2.75, 3.05) is 7.11 Å². The summed E-state index contributed by atoms with van der Waals surface area (Å²) in [6, 6.07) is 8.57. The van der Waals surface area contributed by atoms with E-state index >= 15 is 0 Å². The first-order valence-corrected chi connectivity index (χ1v) is 7.07. The Bertz CT molecular complexity index is 369. The van der Waals surface area contributed by atoms with Crippen molar-refractivity contribution in [2.24, 2.45) is 17.6 Å². The van der Waals surface area contributed by atoms with Crippen LogP contribution in [0, 0.1) is 11.8 Å². The van der Waals surface area contributed by atoms with Gasteiger partial charge in [0.2, 0.25) is 0 Å². The molecule has 0 bridgehead atoms. The lowest BCUT2D eigenvalue weighted by Gasteiger charge is -2.30. The summed E-state index contributed by atoms with van der Waals surface area (Å²) in [5.41, 5.74) is 7.67. The van der Waals surface area contributed by atoms with E-state index in [4.69, 9.17) is 10.5 Å². The van der Waals surface area contributed by atoms with Gasteiger partial charge in [-0.2, -0.15) is 0 Å². The molecule has 1 saturated carbocycles. The molecule has 0 amide bonds. The normalized spacial score (nSPS) is 25.7. The van der Waals surface area contributed by atoms with Gasteiger partial charge in [-0.25, -0.2) is 0 Å². The summed E-state index contributed by atoms with van der Waals surface area (Å²) in [4.78, 5) is 0. The highest BCUT2D eigenvalue weighted by Gasteiger charge is 2.23. The average Bonchev–Trinajstić information content (AvgIpc) is 2.39. The first-order chi connectivity index (χ1) is 8.69. The monoisotopic (exact) mass is 247 g/mol. The third kappa shape index (κ3) is 3.49. The zero-order valence-corrected chi connectivity index (χ0v) is 11.6. The maximum Gasteiger partial charge on any atom is 0.119 e. The molecule has 1 aliphatic rings. The number of hydrogen-bond donors (Lipinski definition) is 1. The fraction of sp³-hybridized carbons (Fsp3) is 0.625. The fourth-order valence-electron chi connectivity index (χ4n) is 2.95. The molecule has 2 nitrogen and oxygen atoms in total. The van der Waals surface area contributed by atoms with E-state index in [9.17, 15) is 0 Å². The van der Waals surface area contributed by atoms with Crippen LogP contribution in [0.2, 0.25) is 0 Å². The van der Waals surface area contributed by atoms with Crippen LogP contribution in [0.5, 0.6) is 5.75 Å². The van der Waals surface area contributed by atoms with Crippen molar-refractivity contribution in [1.82, 2.24) is 0 Å². The van der Waals surface area contributed by atoms with Gasteiger partial charge in [0, 0.05) is 6.04 Å². The fourth-order valence-corrected chi connectivity index (χ4v) is 2.95. The Morgan fingerprint density at radius 1 is 1.28 bits per heavy atom. The molecule has 0 radical (unpaired) electrons. The molecule has 18 heavy (non-hydrogen) atoms. The second-order valence-electron chi connectivity index (χ2n) is 5.74. The van der Waals surface area contributed by atoms with E-state index in [1.165, 1.54) is 31.2 Å². The Labute approximate surface area is 111 Å². The van der Waals surface area contributed by atoms with Gasteiger partial charge in [0.05, 0.1) is 7.11 Å². The number of methoxy groups -OCH3 is 1. The van der Waals surface area contributed by atoms with E-state index in [1.54, 1.807) is 7.11 Å². The van der Waals surface area contributed by atoms with Crippen LogP contribution in [-0.4, -0.2) is 13.2 Å². The first kappa shape index (κ1) is 13.4. The van der Waals surface area contributed by atoms with E-state index in [1.807, 2.05) is 12.1 Å². The third-order valence-corrected chi connectivity index (χ3v) is 4.27. The molecule has 2 rings (SSSR count). The zero-order valence-electron chi connectivity index (χ0n) is 11.6. The molecule has 1 unspecified atom stereocenters. The van der Waals surface area contributed by atoms with Crippen molar-refractivity contribution < 1.29 is 4.74 Å². The number of nitrogens with two attached hydrogens (primary N) is 1. The summed E-state index contributed by atoms with van der Waals surface area (Å²) in [5.74, 6) is 2.52. The Morgan fingerprint density at radius 3 is 2.67 bits per heavy atom. The lowest BCUT2D eigenvalue weighted by atomic mass is 9.78. The van der Waals surface area contributed by atoms with Gasteiger partial charge in [-0.15, -0.1) is 0 Å². The molecule has 1 fully saturated rings. The second kappa shape index (κ2) is 6.24. The van der Waals surface area contributed by atoms with Crippen molar-refractivity contribution in [2.45, 2.75) is 45.1 Å².